The standard InChI is InChI=1S/C9H5BFNO2/c1-4-12-8-5(9(13)14-4)2-3-6(10)7(8)11/h2-3,12H,1H2. The summed E-state index contributed by atoms with van der Waals surface area (Å²) in [5.74, 6) is -1.31. The van der Waals surface area contributed by atoms with Gasteiger partial charge >= 0.3 is 5.97 Å². The molecule has 1 N–H and O–H groups in total. The van der Waals surface area contributed by atoms with Crippen molar-refractivity contribution in [2.24, 2.45) is 0 Å². The summed E-state index contributed by atoms with van der Waals surface area (Å²) in [6, 6.07) is 2.71. The van der Waals surface area contributed by atoms with Crippen LogP contribution in [0.2, 0.25) is 0 Å². The zero-order chi connectivity index (χ0) is 10.3. The van der Waals surface area contributed by atoms with E-state index in [1.165, 1.54) is 12.1 Å². The number of carbonyl (C=O) groups is 1. The van der Waals surface area contributed by atoms with Gasteiger partial charge in [-0.1, -0.05) is 11.5 Å². The Morgan fingerprint density at radius 2 is 2.21 bits per heavy atom. The van der Waals surface area contributed by atoms with Gasteiger partial charge in [0, 0.05) is 0 Å². The van der Waals surface area contributed by atoms with Crippen LogP contribution in [-0.4, -0.2) is 13.8 Å². The van der Waals surface area contributed by atoms with E-state index in [1.54, 1.807) is 0 Å². The maximum atomic E-state index is 13.4. The fraction of sp³-hybridized carbons (Fsp3) is 0. The topological polar surface area (TPSA) is 38.3 Å². The molecule has 0 aliphatic carbocycles. The summed E-state index contributed by atoms with van der Waals surface area (Å²) < 4.78 is 18.0. The minimum atomic E-state index is -0.666. The van der Waals surface area contributed by atoms with Crippen molar-refractivity contribution in [3.8, 4) is 0 Å². The Morgan fingerprint density at radius 1 is 1.50 bits per heavy atom. The second-order valence-corrected chi connectivity index (χ2v) is 2.83. The number of rotatable bonds is 0. The molecule has 2 radical (unpaired) electrons. The van der Waals surface area contributed by atoms with Gasteiger partial charge in [0.05, 0.1) is 11.3 Å². The molecular weight excluding hydrogens is 184 g/mol. The summed E-state index contributed by atoms with van der Waals surface area (Å²) in [4.78, 5) is 11.2. The highest BCUT2D eigenvalue weighted by Crippen LogP contribution is 2.25. The molecule has 0 unspecified atom stereocenters. The number of fused-ring (bicyclic) bond motifs is 1. The second-order valence-electron chi connectivity index (χ2n) is 2.83. The minimum absolute atomic E-state index is 0.00741. The summed E-state index contributed by atoms with van der Waals surface area (Å²) >= 11 is 0. The van der Waals surface area contributed by atoms with Crippen molar-refractivity contribution in [1.82, 2.24) is 0 Å². The van der Waals surface area contributed by atoms with E-state index in [0.29, 0.717) is 0 Å². The molecule has 0 saturated carbocycles. The minimum Gasteiger partial charge on any atom is -0.407 e. The number of hydrogen-bond acceptors (Lipinski definition) is 3. The van der Waals surface area contributed by atoms with Crippen LogP contribution in [0.5, 0.6) is 0 Å². The van der Waals surface area contributed by atoms with Crippen LogP contribution in [-0.2, 0) is 4.74 Å². The maximum absolute atomic E-state index is 13.4. The fourth-order valence-electron chi connectivity index (χ4n) is 1.22. The average molecular weight is 189 g/mol. The molecule has 0 saturated heterocycles. The first-order valence-corrected chi connectivity index (χ1v) is 3.85. The maximum Gasteiger partial charge on any atom is 0.347 e. The molecule has 1 aromatic rings. The lowest BCUT2D eigenvalue weighted by molar-refractivity contribution is 0.0620. The second kappa shape index (κ2) is 2.87. The van der Waals surface area contributed by atoms with E-state index in [0.717, 1.165) is 0 Å². The van der Waals surface area contributed by atoms with Crippen LogP contribution in [0.4, 0.5) is 10.1 Å². The summed E-state index contributed by atoms with van der Waals surface area (Å²) in [6.45, 7) is 3.37. The van der Waals surface area contributed by atoms with Gasteiger partial charge in [-0.2, -0.15) is 0 Å². The fourth-order valence-corrected chi connectivity index (χ4v) is 1.22. The highest BCUT2D eigenvalue weighted by atomic mass is 19.1. The Hall–Kier alpha value is -1.78. The zero-order valence-corrected chi connectivity index (χ0v) is 7.13. The van der Waals surface area contributed by atoms with Gasteiger partial charge in [0.1, 0.15) is 13.7 Å². The summed E-state index contributed by atoms with van der Waals surface area (Å²) in [5, 5.41) is 2.51. The Morgan fingerprint density at radius 3 is 2.93 bits per heavy atom. The van der Waals surface area contributed by atoms with E-state index in [-0.39, 0.29) is 22.6 Å². The van der Waals surface area contributed by atoms with Gasteiger partial charge < -0.3 is 10.1 Å². The van der Waals surface area contributed by atoms with Gasteiger partial charge in [-0.15, -0.1) is 0 Å². The summed E-state index contributed by atoms with van der Waals surface area (Å²) in [5.41, 5.74) is 0.106. The number of hydrogen-bond donors (Lipinski definition) is 1. The van der Waals surface area contributed by atoms with E-state index < -0.39 is 11.8 Å². The molecule has 68 valence electrons. The third kappa shape index (κ3) is 1.17. The highest BCUT2D eigenvalue weighted by Gasteiger charge is 2.24. The van der Waals surface area contributed by atoms with Crippen LogP contribution in [0.25, 0.3) is 0 Å². The first-order chi connectivity index (χ1) is 6.59. The third-order valence-electron chi connectivity index (χ3n) is 1.87. The van der Waals surface area contributed by atoms with E-state index in [4.69, 9.17) is 7.85 Å². The predicted octanol–water partition coefficient (Wildman–Crippen LogP) is 0.673. The predicted molar refractivity (Wildman–Crippen MR) is 50.0 cm³/mol. The Labute approximate surface area is 81.0 Å². The van der Waals surface area contributed by atoms with Gasteiger partial charge in [-0.25, -0.2) is 9.18 Å². The van der Waals surface area contributed by atoms with E-state index in [1.807, 2.05) is 0 Å². The molecule has 1 aromatic carbocycles. The largest absolute Gasteiger partial charge is 0.407 e. The van der Waals surface area contributed by atoms with Gasteiger partial charge in [0.25, 0.3) is 0 Å². The number of anilines is 1. The molecule has 0 spiro atoms. The highest BCUT2D eigenvalue weighted by molar-refractivity contribution is 6.33. The molecule has 0 fully saturated rings. The smallest absolute Gasteiger partial charge is 0.347 e. The lowest BCUT2D eigenvalue weighted by atomic mass is 9.93. The van der Waals surface area contributed by atoms with Crippen molar-refractivity contribution in [1.29, 1.82) is 0 Å². The third-order valence-corrected chi connectivity index (χ3v) is 1.87. The first kappa shape index (κ1) is 8.81. The molecule has 0 atom stereocenters. The Kier molecular flexibility index (Phi) is 1.80. The quantitative estimate of drug-likeness (QED) is 0.481. The lowest BCUT2D eigenvalue weighted by Gasteiger charge is -2.20. The number of halogens is 1. The van der Waals surface area contributed by atoms with Gasteiger partial charge in [-0.3, -0.25) is 0 Å². The lowest BCUT2D eigenvalue weighted by Crippen LogP contribution is -2.23. The molecule has 0 amide bonds. The van der Waals surface area contributed by atoms with Crippen LogP contribution >= 0.6 is 0 Å². The van der Waals surface area contributed by atoms with Crippen molar-refractivity contribution in [2.45, 2.75) is 0 Å². The van der Waals surface area contributed by atoms with Gasteiger partial charge in [-0.05, 0) is 12.6 Å². The van der Waals surface area contributed by atoms with Crippen molar-refractivity contribution in [2.75, 3.05) is 5.32 Å². The number of cyclic esters (lactones) is 1. The van der Waals surface area contributed by atoms with Crippen LogP contribution in [0.15, 0.2) is 24.6 Å². The number of esters is 1. The monoisotopic (exact) mass is 189 g/mol. The van der Waals surface area contributed by atoms with Crippen molar-refractivity contribution in [3.05, 3.63) is 36.0 Å². The molecule has 3 nitrogen and oxygen atoms in total. The first-order valence-electron chi connectivity index (χ1n) is 3.85. The molecule has 5 heteroatoms. The molecule has 2 rings (SSSR count). The molecule has 1 aliphatic heterocycles. The molecule has 1 aliphatic rings. The SMILES string of the molecule is [B]c1ccc2c(c1F)NC(=C)OC2=O. The van der Waals surface area contributed by atoms with Crippen molar-refractivity contribution < 1.29 is 13.9 Å². The van der Waals surface area contributed by atoms with Crippen LogP contribution in [0.3, 0.4) is 0 Å². The average Bonchev–Trinajstić information content (AvgIpc) is 2.12. The normalized spacial score (nSPS) is 14.4. The zero-order valence-electron chi connectivity index (χ0n) is 7.13. The van der Waals surface area contributed by atoms with Gasteiger partial charge in [0.2, 0.25) is 0 Å². The van der Waals surface area contributed by atoms with Crippen molar-refractivity contribution >= 4 is 25.0 Å². The molecule has 1 heterocycles. The molecular formula is C9H5BFNO2. The number of nitrogens with one attached hydrogen (secondary N) is 1. The summed E-state index contributed by atoms with van der Waals surface area (Å²) in [7, 11) is 5.34. The summed E-state index contributed by atoms with van der Waals surface area (Å²) in [6.07, 6.45) is 0. The van der Waals surface area contributed by atoms with E-state index in [9.17, 15) is 9.18 Å². The molecule has 0 aromatic heterocycles. The molecule has 0 bridgehead atoms. The number of carbonyl (C=O) groups excluding carboxylic acids is 1. The molecule has 14 heavy (non-hydrogen) atoms. The van der Waals surface area contributed by atoms with Crippen molar-refractivity contribution in [3.63, 3.8) is 0 Å². The Bertz CT molecular complexity index is 445. The Balaban J connectivity index is 2.65. The van der Waals surface area contributed by atoms with Gasteiger partial charge in [0.15, 0.2) is 5.88 Å². The van der Waals surface area contributed by atoms with E-state index >= 15 is 0 Å². The van der Waals surface area contributed by atoms with Crippen LogP contribution < -0.4 is 10.8 Å². The van der Waals surface area contributed by atoms with Crippen LogP contribution in [0.1, 0.15) is 10.4 Å². The number of benzene rings is 1. The van der Waals surface area contributed by atoms with Crippen LogP contribution in [0, 0.1) is 5.82 Å². The number of ether oxygens (including phenoxy) is 1. The van der Waals surface area contributed by atoms with E-state index in [2.05, 4.69) is 16.6 Å².